The first-order valence-electron chi connectivity index (χ1n) is 5.32. The van der Waals surface area contributed by atoms with E-state index in [-0.39, 0.29) is 5.82 Å². The van der Waals surface area contributed by atoms with E-state index in [0.717, 1.165) is 0 Å². The molecule has 2 aromatic rings. The van der Waals surface area contributed by atoms with Crippen molar-refractivity contribution in [2.45, 2.75) is 19.5 Å². The fourth-order valence-electron chi connectivity index (χ4n) is 1.97. The molecule has 5 heteroatoms. The Hall–Kier alpha value is -1.88. The van der Waals surface area contributed by atoms with Crippen molar-refractivity contribution >= 4 is 16.9 Å². The van der Waals surface area contributed by atoms with Crippen molar-refractivity contribution in [2.75, 3.05) is 0 Å². The fraction of sp³-hybridized carbons (Fsp3) is 0.250. The zero-order valence-electron chi connectivity index (χ0n) is 9.35. The number of carboxylic acid groups (broad SMARTS) is 1. The number of aliphatic carboxylic acids is 1. The van der Waals surface area contributed by atoms with E-state index < -0.39 is 12.0 Å². The van der Waals surface area contributed by atoms with Crippen LogP contribution in [0.5, 0.6) is 0 Å². The number of hydrogen-bond donors (Lipinski definition) is 2. The maximum Gasteiger partial charge on any atom is 0.325 e. The van der Waals surface area contributed by atoms with Crippen molar-refractivity contribution in [1.82, 2.24) is 4.57 Å². The number of nitrogens with two attached hydrogens (primary N) is 1. The summed E-state index contributed by atoms with van der Waals surface area (Å²) in [6.07, 6.45) is 1.60. The van der Waals surface area contributed by atoms with Crippen LogP contribution in [0.2, 0.25) is 0 Å². The van der Waals surface area contributed by atoms with Gasteiger partial charge in [0.2, 0.25) is 0 Å². The van der Waals surface area contributed by atoms with Gasteiger partial charge in [0, 0.05) is 23.7 Å². The van der Waals surface area contributed by atoms with E-state index in [1.54, 1.807) is 22.9 Å². The Kier molecular flexibility index (Phi) is 2.85. The van der Waals surface area contributed by atoms with E-state index in [9.17, 15) is 9.18 Å². The second-order valence-electron chi connectivity index (χ2n) is 3.82. The number of halogens is 1. The van der Waals surface area contributed by atoms with Crippen LogP contribution in [0, 0.1) is 5.82 Å². The van der Waals surface area contributed by atoms with E-state index >= 15 is 0 Å². The molecule has 17 heavy (non-hydrogen) atoms. The Bertz CT molecular complexity index is 577. The second kappa shape index (κ2) is 4.18. The lowest BCUT2D eigenvalue weighted by molar-refractivity contribution is -0.138. The molecular formula is C12H13FN2O2. The minimum Gasteiger partial charge on any atom is -0.480 e. The number of carboxylic acids is 1. The quantitative estimate of drug-likeness (QED) is 0.855. The molecule has 0 amide bonds. The third kappa shape index (κ3) is 1.78. The van der Waals surface area contributed by atoms with E-state index in [1.807, 2.05) is 6.92 Å². The third-order valence-electron chi connectivity index (χ3n) is 2.82. The number of carbonyl (C=O) groups is 1. The molecule has 1 heterocycles. The van der Waals surface area contributed by atoms with Crippen LogP contribution in [-0.2, 0) is 11.3 Å². The van der Waals surface area contributed by atoms with Crippen LogP contribution in [0.3, 0.4) is 0 Å². The maximum absolute atomic E-state index is 13.7. The minimum atomic E-state index is -1.13. The van der Waals surface area contributed by atoms with Gasteiger partial charge in [0.05, 0.1) is 5.52 Å². The Labute approximate surface area is 97.5 Å². The monoisotopic (exact) mass is 236 g/mol. The molecule has 0 aliphatic heterocycles. The molecule has 0 radical (unpaired) electrons. The Morgan fingerprint density at radius 1 is 1.59 bits per heavy atom. The molecule has 1 aromatic carbocycles. The topological polar surface area (TPSA) is 68.2 Å². The van der Waals surface area contributed by atoms with E-state index in [2.05, 4.69) is 0 Å². The van der Waals surface area contributed by atoms with Crippen LogP contribution >= 0.6 is 0 Å². The van der Waals surface area contributed by atoms with Crippen molar-refractivity contribution in [3.05, 3.63) is 35.8 Å². The Morgan fingerprint density at radius 2 is 2.29 bits per heavy atom. The zero-order chi connectivity index (χ0) is 12.6. The van der Waals surface area contributed by atoms with Gasteiger partial charge in [0.25, 0.3) is 0 Å². The summed E-state index contributed by atoms with van der Waals surface area (Å²) >= 11 is 0. The highest BCUT2D eigenvalue weighted by atomic mass is 19.1. The van der Waals surface area contributed by atoms with Gasteiger partial charge in [-0.25, -0.2) is 4.39 Å². The molecule has 1 aromatic heterocycles. The lowest BCUT2D eigenvalue weighted by atomic mass is 10.1. The van der Waals surface area contributed by atoms with Crippen molar-refractivity contribution in [3.8, 4) is 0 Å². The molecule has 0 spiro atoms. The summed E-state index contributed by atoms with van der Waals surface area (Å²) in [5.41, 5.74) is 6.43. The van der Waals surface area contributed by atoms with Crippen molar-refractivity contribution in [2.24, 2.45) is 5.73 Å². The predicted molar refractivity (Wildman–Crippen MR) is 62.1 cm³/mol. The summed E-state index contributed by atoms with van der Waals surface area (Å²) in [5.74, 6) is -1.49. The normalized spacial score (nSPS) is 12.9. The highest BCUT2D eigenvalue weighted by molar-refractivity contribution is 5.89. The van der Waals surface area contributed by atoms with Gasteiger partial charge in [0.1, 0.15) is 11.9 Å². The van der Waals surface area contributed by atoms with Gasteiger partial charge in [-0.2, -0.15) is 0 Å². The largest absolute Gasteiger partial charge is 0.480 e. The second-order valence-corrected chi connectivity index (χ2v) is 3.82. The first-order chi connectivity index (χ1) is 8.06. The molecule has 2 rings (SSSR count). The van der Waals surface area contributed by atoms with Crippen molar-refractivity contribution in [3.63, 3.8) is 0 Å². The van der Waals surface area contributed by atoms with E-state index in [4.69, 9.17) is 10.8 Å². The molecule has 90 valence electrons. The number of hydrogen-bond acceptors (Lipinski definition) is 2. The molecule has 0 saturated heterocycles. The minimum absolute atomic E-state index is 0.367. The summed E-state index contributed by atoms with van der Waals surface area (Å²) in [7, 11) is 0. The van der Waals surface area contributed by atoms with Crippen LogP contribution in [-0.4, -0.2) is 15.6 Å². The predicted octanol–water partition coefficient (Wildman–Crippen LogP) is 1.88. The van der Waals surface area contributed by atoms with Gasteiger partial charge in [-0.1, -0.05) is 12.1 Å². The average Bonchev–Trinajstić information content (AvgIpc) is 2.68. The summed E-state index contributed by atoms with van der Waals surface area (Å²) in [6, 6.07) is 3.45. The van der Waals surface area contributed by atoms with Gasteiger partial charge in [-0.15, -0.1) is 0 Å². The summed E-state index contributed by atoms with van der Waals surface area (Å²) in [6.45, 7) is 2.42. The molecular weight excluding hydrogens is 223 g/mol. The zero-order valence-corrected chi connectivity index (χ0v) is 9.35. The van der Waals surface area contributed by atoms with Gasteiger partial charge in [0.15, 0.2) is 0 Å². The summed E-state index contributed by atoms with van der Waals surface area (Å²) in [4.78, 5) is 10.9. The van der Waals surface area contributed by atoms with Crippen molar-refractivity contribution < 1.29 is 14.3 Å². The molecule has 0 aliphatic carbocycles. The number of fused-ring (bicyclic) bond motifs is 1. The highest BCUT2D eigenvalue weighted by Gasteiger charge is 2.21. The molecule has 1 atom stereocenters. The van der Waals surface area contributed by atoms with Crippen LogP contribution in [0.4, 0.5) is 4.39 Å². The smallest absolute Gasteiger partial charge is 0.325 e. The number of aryl methyl sites for hydroxylation is 1. The standard InChI is InChI=1S/C12H13FN2O2/c1-2-15-6-8(10(14)12(16)17)7-4-3-5-9(13)11(7)15/h3-6,10H,2,14H2,1H3,(H,16,17). The van der Waals surface area contributed by atoms with Crippen LogP contribution in [0.1, 0.15) is 18.5 Å². The van der Waals surface area contributed by atoms with Gasteiger partial charge in [-0.05, 0) is 13.0 Å². The molecule has 0 aliphatic rings. The molecule has 3 N–H and O–H groups in total. The lowest BCUT2D eigenvalue weighted by Gasteiger charge is -2.03. The highest BCUT2D eigenvalue weighted by Crippen LogP contribution is 2.27. The summed E-state index contributed by atoms with van der Waals surface area (Å²) < 4.78 is 15.4. The van der Waals surface area contributed by atoms with E-state index in [1.165, 1.54) is 6.07 Å². The number of benzene rings is 1. The number of nitrogens with zero attached hydrogens (tertiary/aromatic N) is 1. The van der Waals surface area contributed by atoms with Gasteiger partial charge in [-0.3, -0.25) is 4.79 Å². The molecule has 1 unspecified atom stereocenters. The lowest BCUT2D eigenvalue weighted by Crippen LogP contribution is -2.20. The number of rotatable bonds is 3. The van der Waals surface area contributed by atoms with Gasteiger partial charge >= 0.3 is 5.97 Å². The molecule has 0 bridgehead atoms. The van der Waals surface area contributed by atoms with Crippen LogP contribution in [0.25, 0.3) is 10.9 Å². The first kappa shape index (κ1) is 11.6. The SMILES string of the molecule is CCn1cc(C(N)C(=O)O)c2cccc(F)c21. The third-order valence-corrected chi connectivity index (χ3v) is 2.82. The number of aromatic nitrogens is 1. The van der Waals surface area contributed by atoms with Crippen molar-refractivity contribution in [1.29, 1.82) is 0 Å². The number of para-hydroxylation sites is 1. The Morgan fingerprint density at radius 3 is 2.88 bits per heavy atom. The Balaban J connectivity index is 2.74. The molecule has 0 fully saturated rings. The molecule has 0 saturated carbocycles. The average molecular weight is 236 g/mol. The van der Waals surface area contributed by atoms with Crippen LogP contribution in [0.15, 0.2) is 24.4 Å². The van der Waals surface area contributed by atoms with Crippen LogP contribution < -0.4 is 5.73 Å². The van der Waals surface area contributed by atoms with E-state index in [0.29, 0.717) is 23.0 Å². The fourth-order valence-corrected chi connectivity index (χ4v) is 1.97. The summed E-state index contributed by atoms with van der Waals surface area (Å²) in [5, 5.41) is 9.48. The maximum atomic E-state index is 13.7. The van der Waals surface area contributed by atoms with Gasteiger partial charge < -0.3 is 15.4 Å². The molecule has 4 nitrogen and oxygen atoms in total. The first-order valence-corrected chi connectivity index (χ1v) is 5.32.